The van der Waals surface area contributed by atoms with Crippen LogP contribution in [-0.4, -0.2) is 47.6 Å². The van der Waals surface area contributed by atoms with E-state index in [1.807, 2.05) is 12.4 Å². The fourth-order valence-corrected chi connectivity index (χ4v) is 2.52. The Bertz CT molecular complexity index is 358. The maximum atomic E-state index is 4.43. The van der Waals surface area contributed by atoms with E-state index >= 15 is 0 Å². The van der Waals surface area contributed by atoms with Gasteiger partial charge in [-0.05, 0) is 11.5 Å². The van der Waals surface area contributed by atoms with Crippen LogP contribution >= 0.6 is 15.9 Å². The van der Waals surface area contributed by atoms with E-state index in [1.54, 1.807) is 0 Å². The topological polar surface area (TPSA) is 32.3 Å². The normalized spacial score (nSPS) is 17.4. The van der Waals surface area contributed by atoms with Crippen LogP contribution in [0.5, 0.6) is 0 Å². The van der Waals surface area contributed by atoms with Crippen LogP contribution in [0.25, 0.3) is 0 Å². The van der Waals surface area contributed by atoms with Crippen molar-refractivity contribution < 1.29 is 0 Å². The van der Waals surface area contributed by atoms with Gasteiger partial charge in [0.15, 0.2) is 0 Å². The highest BCUT2D eigenvalue weighted by molar-refractivity contribution is 9.08. The van der Waals surface area contributed by atoms with Crippen molar-refractivity contribution in [2.45, 2.75) is 19.2 Å². The van der Waals surface area contributed by atoms with Crippen molar-refractivity contribution in [1.82, 2.24) is 14.9 Å². The van der Waals surface area contributed by atoms with Gasteiger partial charge in [0.2, 0.25) is 5.95 Å². The van der Waals surface area contributed by atoms with Crippen molar-refractivity contribution in [3.63, 3.8) is 0 Å². The third-order valence-corrected chi connectivity index (χ3v) is 3.77. The molecule has 0 N–H and O–H groups in total. The molecule has 1 aliphatic heterocycles. The quantitative estimate of drug-likeness (QED) is 0.797. The molecule has 1 aromatic heterocycles. The minimum absolute atomic E-state index is 0.742. The molecule has 0 aromatic carbocycles. The third-order valence-electron chi connectivity index (χ3n) is 3.12. The van der Waals surface area contributed by atoms with Crippen molar-refractivity contribution >= 4 is 21.9 Å². The predicted octanol–water partition coefficient (Wildman–Crippen LogP) is 2.15. The van der Waals surface area contributed by atoms with Crippen molar-refractivity contribution in [3.8, 4) is 0 Å². The highest BCUT2D eigenvalue weighted by Gasteiger charge is 2.19. The Balaban J connectivity index is 1.88. The number of hydrogen-bond acceptors (Lipinski definition) is 4. The Morgan fingerprint density at radius 3 is 2.28 bits per heavy atom. The van der Waals surface area contributed by atoms with Crippen LogP contribution in [0.15, 0.2) is 12.4 Å². The molecule has 18 heavy (non-hydrogen) atoms. The lowest BCUT2D eigenvalue weighted by Crippen LogP contribution is -2.48. The van der Waals surface area contributed by atoms with E-state index in [9.17, 15) is 0 Å². The van der Waals surface area contributed by atoms with E-state index in [-0.39, 0.29) is 0 Å². The highest BCUT2D eigenvalue weighted by Crippen LogP contribution is 2.12. The average Bonchev–Trinajstić information content (AvgIpc) is 2.39. The lowest BCUT2D eigenvalue weighted by Gasteiger charge is -2.35. The van der Waals surface area contributed by atoms with E-state index in [0.717, 1.165) is 48.9 Å². The minimum atomic E-state index is 0.742. The molecule has 1 fully saturated rings. The maximum absolute atomic E-state index is 4.43. The molecule has 2 rings (SSSR count). The molecule has 0 amide bonds. The molecule has 0 bridgehead atoms. The van der Waals surface area contributed by atoms with Gasteiger partial charge in [0.05, 0.1) is 0 Å². The van der Waals surface area contributed by atoms with Gasteiger partial charge in [-0.2, -0.15) is 0 Å². The lowest BCUT2D eigenvalue weighted by molar-refractivity contribution is 0.230. The smallest absolute Gasteiger partial charge is 0.225 e. The minimum Gasteiger partial charge on any atom is -0.338 e. The van der Waals surface area contributed by atoms with Crippen LogP contribution in [0.4, 0.5) is 5.95 Å². The zero-order valence-corrected chi connectivity index (χ0v) is 12.7. The van der Waals surface area contributed by atoms with Gasteiger partial charge in [-0.15, -0.1) is 0 Å². The Kier molecular flexibility index (Phi) is 4.95. The summed E-state index contributed by atoms with van der Waals surface area (Å²) in [6.45, 7) is 10.0. The molecule has 100 valence electrons. The summed E-state index contributed by atoms with van der Waals surface area (Å²) in [5, 5.41) is 0.815. The van der Waals surface area contributed by atoms with Crippen LogP contribution < -0.4 is 4.90 Å². The summed E-state index contributed by atoms with van der Waals surface area (Å²) in [6.07, 6.45) is 3.80. The molecule has 0 saturated carbocycles. The average molecular weight is 313 g/mol. The third kappa shape index (κ3) is 3.65. The summed E-state index contributed by atoms with van der Waals surface area (Å²) in [7, 11) is 0. The Morgan fingerprint density at radius 2 is 1.78 bits per heavy atom. The second kappa shape index (κ2) is 6.48. The van der Waals surface area contributed by atoms with Crippen LogP contribution in [0.1, 0.15) is 19.4 Å². The number of aromatic nitrogens is 2. The van der Waals surface area contributed by atoms with Crippen LogP contribution in [0, 0.1) is 5.92 Å². The van der Waals surface area contributed by atoms with Gasteiger partial charge in [-0.25, -0.2) is 9.97 Å². The standard InChI is InChI=1S/C13H21BrN4/c1-11(2)10-17-3-5-18(6-4-17)13-15-8-12(7-14)9-16-13/h8-9,11H,3-7,10H2,1-2H3. The van der Waals surface area contributed by atoms with Gasteiger partial charge < -0.3 is 4.90 Å². The second-order valence-electron chi connectivity index (χ2n) is 5.21. The fraction of sp³-hybridized carbons (Fsp3) is 0.692. The molecule has 0 spiro atoms. The number of alkyl halides is 1. The maximum Gasteiger partial charge on any atom is 0.225 e. The largest absolute Gasteiger partial charge is 0.338 e. The van der Waals surface area contributed by atoms with E-state index in [1.165, 1.54) is 6.54 Å². The summed E-state index contributed by atoms with van der Waals surface area (Å²) in [5.74, 6) is 1.61. The zero-order valence-electron chi connectivity index (χ0n) is 11.1. The first-order valence-electron chi connectivity index (χ1n) is 6.53. The monoisotopic (exact) mass is 312 g/mol. The molecule has 0 radical (unpaired) electrons. The molecular weight excluding hydrogens is 292 g/mol. The number of rotatable bonds is 4. The van der Waals surface area contributed by atoms with Gasteiger partial charge >= 0.3 is 0 Å². The number of nitrogens with zero attached hydrogens (tertiary/aromatic N) is 4. The first kappa shape index (κ1) is 13.7. The summed E-state index contributed by atoms with van der Waals surface area (Å²) in [5.41, 5.74) is 1.12. The van der Waals surface area contributed by atoms with Crippen molar-refractivity contribution in [2.24, 2.45) is 5.92 Å². The first-order chi connectivity index (χ1) is 8.69. The Hall–Kier alpha value is -0.680. The van der Waals surface area contributed by atoms with E-state index in [2.05, 4.69) is 49.5 Å². The summed E-state index contributed by atoms with van der Waals surface area (Å²) in [4.78, 5) is 13.6. The molecule has 2 heterocycles. The molecule has 0 aliphatic carbocycles. The van der Waals surface area contributed by atoms with Crippen molar-refractivity contribution in [3.05, 3.63) is 18.0 Å². The van der Waals surface area contributed by atoms with Crippen LogP contribution in [0.3, 0.4) is 0 Å². The molecule has 1 aliphatic rings. The summed E-state index contributed by atoms with van der Waals surface area (Å²) in [6, 6.07) is 0. The van der Waals surface area contributed by atoms with Crippen molar-refractivity contribution in [1.29, 1.82) is 0 Å². The number of halogens is 1. The van der Waals surface area contributed by atoms with Crippen LogP contribution in [0.2, 0.25) is 0 Å². The molecule has 5 heteroatoms. The van der Waals surface area contributed by atoms with E-state index in [4.69, 9.17) is 0 Å². The fourth-order valence-electron chi connectivity index (χ4n) is 2.23. The highest BCUT2D eigenvalue weighted by atomic mass is 79.9. The van der Waals surface area contributed by atoms with Crippen molar-refractivity contribution in [2.75, 3.05) is 37.6 Å². The zero-order chi connectivity index (χ0) is 13.0. The number of piperazine rings is 1. The molecule has 4 nitrogen and oxygen atoms in total. The predicted molar refractivity (Wildman–Crippen MR) is 78.2 cm³/mol. The van der Waals surface area contributed by atoms with E-state index < -0.39 is 0 Å². The van der Waals surface area contributed by atoms with Crippen LogP contribution in [-0.2, 0) is 5.33 Å². The lowest BCUT2D eigenvalue weighted by atomic mass is 10.2. The second-order valence-corrected chi connectivity index (χ2v) is 5.77. The molecule has 0 unspecified atom stereocenters. The Morgan fingerprint density at radius 1 is 1.17 bits per heavy atom. The number of anilines is 1. The Labute approximate surface area is 118 Å². The number of hydrogen-bond donors (Lipinski definition) is 0. The van der Waals surface area contributed by atoms with Gasteiger partial charge in [0, 0.05) is 50.4 Å². The first-order valence-corrected chi connectivity index (χ1v) is 7.65. The van der Waals surface area contributed by atoms with Gasteiger partial charge in [-0.1, -0.05) is 29.8 Å². The molecule has 0 atom stereocenters. The summed E-state index contributed by atoms with van der Waals surface area (Å²) >= 11 is 3.41. The summed E-state index contributed by atoms with van der Waals surface area (Å²) < 4.78 is 0. The van der Waals surface area contributed by atoms with Gasteiger partial charge in [0.1, 0.15) is 0 Å². The van der Waals surface area contributed by atoms with Gasteiger partial charge in [-0.3, -0.25) is 4.90 Å². The van der Waals surface area contributed by atoms with Gasteiger partial charge in [0.25, 0.3) is 0 Å². The van der Waals surface area contributed by atoms with E-state index in [0.29, 0.717) is 0 Å². The molecule has 1 saturated heterocycles. The molecule has 1 aromatic rings. The molecular formula is C13H21BrN4. The SMILES string of the molecule is CC(C)CN1CCN(c2ncc(CBr)cn2)CC1.